The molecule has 0 atom stereocenters. The smallest absolute Gasteiger partial charge is 0.254 e. The maximum atomic E-state index is 13.7. The van der Waals surface area contributed by atoms with Crippen LogP contribution in [0.1, 0.15) is 34.1 Å². The maximum absolute atomic E-state index is 13.7. The van der Waals surface area contributed by atoms with E-state index in [1.54, 1.807) is 13.0 Å². The normalized spacial score (nSPS) is 12.9. The van der Waals surface area contributed by atoms with Crippen molar-refractivity contribution in [3.05, 3.63) is 35.7 Å². The van der Waals surface area contributed by atoms with E-state index >= 15 is 0 Å². The third kappa shape index (κ3) is 4.91. The number of allylic oxidation sites excluding steroid dienone is 3. The van der Waals surface area contributed by atoms with Crippen LogP contribution in [-0.4, -0.2) is 11.9 Å². The molecular formula is C13H20FNO. The summed E-state index contributed by atoms with van der Waals surface area (Å²) in [4.78, 5) is 11.7. The summed E-state index contributed by atoms with van der Waals surface area (Å²) >= 11 is 0. The molecule has 0 aliphatic carbocycles. The van der Waals surface area contributed by atoms with Gasteiger partial charge in [-0.25, -0.2) is 4.39 Å². The molecule has 0 aliphatic rings. The summed E-state index contributed by atoms with van der Waals surface area (Å²) in [5, 5.41) is 2.65. The van der Waals surface area contributed by atoms with E-state index in [0.29, 0.717) is 5.57 Å². The van der Waals surface area contributed by atoms with E-state index in [0.717, 1.165) is 6.42 Å². The van der Waals surface area contributed by atoms with E-state index in [1.807, 2.05) is 20.8 Å². The molecule has 0 aromatic carbocycles. The number of nitrogens with one attached hydrogen (secondary N) is 1. The lowest BCUT2D eigenvalue weighted by molar-refractivity contribution is -0.117. The fourth-order valence-corrected chi connectivity index (χ4v) is 1.15. The number of carbonyl (C=O) groups is 1. The van der Waals surface area contributed by atoms with Crippen molar-refractivity contribution in [1.82, 2.24) is 5.32 Å². The second kappa shape index (κ2) is 6.99. The van der Waals surface area contributed by atoms with Crippen LogP contribution in [0.3, 0.4) is 0 Å². The number of carbonyl (C=O) groups excluding carboxylic acids is 1. The number of halogens is 1. The first-order valence-corrected chi connectivity index (χ1v) is 5.43. The van der Waals surface area contributed by atoms with Gasteiger partial charge in [0.2, 0.25) is 0 Å². The van der Waals surface area contributed by atoms with Crippen molar-refractivity contribution in [3.63, 3.8) is 0 Å². The van der Waals surface area contributed by atoms with E-state index in [-0.39, 0.29) is 11.6 Å². The number of hydrogen-bond acceptors (Lipinski definition) is 1. The van der Waals surface area contributed by atoms with Gasteiger partial charge in [0, 0.05) is 6.04 Å². The molecule has 90 valence electrons. The molecule has 16 heavy (non-hydrogen) atoms. The molecule has 0 bridgehead atoms. The van der Waals surface area contributed by atoms with Gasteiger partial charge in [-0.05, 0) is 38.8 Å². The lowest BCUT2D eigenvalue weighted by Gasteiger charge is -2.11. The predicted octanol–water partition coefficient (Wildman–Crippen LogP) is 3.28. The van der Waals surface area contributed by atoms with Crippen LogP contribution in [0.25, 0.3) is 0 Å². The van der Waals surface area contributed by atoms with Crippen LogP contribution >= 0.6 is 0 Å². The molecule has 0 radical (unpaired) electrons. The molecular weight excluding hydrogens is 205 g/mol. The Morgan fingerprint density at radius 2 is 2.06 bits per heavy atom. The Kier molecular flexibility index (Phi) is 6.38. The average Bonchev–Trinajstić information content (AvgIpc) is 2.12. The second-order valence-electron chi connectivity index (χ2n) is 3.94. The minimum Gasteiger partial charge on any atom is -0.350 e. The van der Waals surface area contributed by atoms with Gasteiger partial charge < -0.3 is 5.32 Å². The number of rotatable bonds is 5. The van der Waals surface area contributed by atoms with Crippen molar-refractivity contribution < 1.29 is 9.18 Å². The first-order chi connectivity index (χ1) is 7.40. The molecule has 3 heteroatoms. The molecule has 0 aromatic heterocycles. The van der Waals surface area contributed by atoms with Gasteiger partial charge in [0.1, 0.15) is 5.83 Å². The average molecular weight is 225 g/mol. The first-order valence-electron chi connectivity index (χ1n) is 5.43. The van der Waals surface area contributed by atoms with E-state index in [2.05, 4.69) is 11.9 Å². The van der Waals surface area contributed by atoms with Gasteiger partial charge in [0.05, 0.1) is 5.57 Å². The van der Waals surface area contributed by atoms with Crippen LogP contribution in [0.15, 0.2) is 35.7 Å². The van der Waals surface area contributed by atoms with Gasteiger partial charge in [-0.1, -0.05) is 19.6 Å². The van der Waals surface area contributed by atoms with Crippen molar-refractivity contribution in [2.45, 2.75) is 40.2 Å². The molecule has 0 saturated carbocycles. The molecule has 0 unspecified atom stereocenters. The zero-order valence-corrected chi connectivity index (χ0v) is 10.4. The highest BCUT2D eigenvalue weighted by Gasteiger charge is 2.15. The lowest BCUT2D eigenvalue weighted by atomic mass is 10.1. The van der Waals surface area contributed by atoms with Crippen LogP contribution < -0.4 is 5.32 Å². The third-order valence-electron chi connectivity index (χ3n) is 1.81. The minimum atomic E-state index is -0.535. The minimum absolute atomic E-state index is 0.0233. The molecule has 0 rings (SSSR count). The largest absolute Gasteiger partial charge is 0.350 e. The SMILES string of the molecule is C=C(C)C(C(=O)NC(C)C)=C(F)C=CCC. The molecule has 0 aromatic rings. The van der Waals surface area contributed by atoms with E-state index in [9.17, 15) is 9.18 Å². The second-order valence-corrected chi connectivity index (χ2v) is 3.94. The van der Waals surface area contributed by atoms with E-state index < -0.39 is 11.7 Å². The summed E-state index contributed by atoms with van der Waals surface area (Å²) < 4.78 is 13.7. The van der Waals surface area contributed by atoms with Gasteiger partial charge in [-0.15, -0.1) is 0 Å². The van der Waals surface area contributed by atoms with Crippen LogP contribution in [0, 0.1) is 0 Å². The Balaban J connectivity index is 5.07. The van der Waals surface area contributed by atoms with Crippen molar-refractivity contribution in [1.29, 1.82) is 0 Å². The van der Waals surface area contributed by atoms with E-state index in [4.69, 9.17) is 0 Å². The molecule has 1 N–H and O–H groups in total. The molecule has 1 amide bonds. The van der Waals surface area contributed by atoms with Crippen molar-refractivity contribution in [2.75, 3.05) is 0 Å². The van der Waals surface area contributed by atoms with Gasteiger partial charge >= 0.3 is 0 Å². The molecule has 0 fully saturated rings. The van der Waals surface area contributed by atoms with Crippen molar-refractivity contribution in [3.8, 4) is 0 Å². The predicted molar refractivity (Wildman–Crippen MR) is 65.7 cm³/mol. The molecule has 0 heterocycles. The van der Waals surface area contributed by atoms with E-state index in [1.165, 1.54) is 6.08 Å². The van der Waals surface area contributed by atoms with Gasteiger partial charge in [-0.3, -0.25) is 4.79 Å². The molecule has 0 aliphatic heterocycles. The highest BCUT2D eigenvalue weighted by atomic mass is 19.1. The zero-order valence-electron chi connectivity index (χ0n) is 10.4. The summed E-state index contributed by atoms with van der Waals surface area (Å²) in [6.07, 6.45) is 3.70. The Labute approximate surface area is 96.9 Å². The monoisotopic (exact) mass is 225 g/mol. The quantitative estimate of drug-likeness (QED) is 0.564. The summed E-state index contributed by atoms with van der Waals surface area (Å²) in [6, 6.07) is -0.0233. The molecule has 0 saturated heterocycles. The van der Waals surface area contributed by atoms with Crippen molar-refractivity contribution in [2.24, 2.45) is 0 Å². The Hall–Kier alpha value is -1.38. The summed E-state index contributed by atoms with van der Waals surface area (Å²) in [6.45, 7) is 10.8. The highest BCUT2D eigenvalue weighted by molar-refractivity contribution is 5.98. The van der Waals surface area contributed by atoms with Gasteiger partial charge in [0.15, 0.2) is 0 Å². The summed E-state index contributed by atoms with van der Waals surface area (Å²) in [7, 11) is 0. The van der Waals surface area contributed by atoms with Crippen molar-refractivity contribution >= 4 is 5.91 Å². The number of amides is 1. The van der Waals surface area contributed by atoms with Gasteiger partial charge in [-0.2, -0.15) is 0 Å². The topological polar surface area (TPSA) is 29.1 Å². The Morgan fingerprint density at radius 1 is 1.50 bits per heavy atom. The lowest BCUT2D eigenvalue weighted by Crippen LogP contribution is -2.32. The van der Waals surface area contributed by atoms with Crippen LogP contribution in [-0.2, 0) is 4.79 Å². The third-order valence-corrected chi connectivity index (χ3v) is 1.81. The number of hydrogen-bond donors (Lipinski definition) is 1. The van der Waals surface area contributed by atoms with Gasteiger partial charge in [0.25, 0.3) is 5.91 Å². The fourth-order valence-electron chi connectivity index (χ4n) is 1.15. The fraction of sp³-hybridized carbons (Fsp3) is 0.462. The standard InChI is InChI=1S/C13H20FNO/c1-6-7-8-11(14)12(9(2)3)13(16)15-10(4)5/h7-8,10H,2,6H2,1,3-5H3,(H,15,16). The maximum Gasteiger partial charge on any atom is 0.254 e. The van der Waals surface area contributed by atoms with Crippen LogP contribution in [0.5, 0.6) is 0 Å². The van der Waals surface area contributed by atoms with Crippen LogP contribution in [0.2, 0.25) is 0 Å². The zero-order chi connectivity index (χ0) is 12.7. The molecule has 2 nitrogen and oxygen atoms in total. The highest BCUT2D eigenvalue weighted by Crippen LogP contribution is 2.16. The molecule has 0 spiro atoms. The summed E-state index contributed by atoms with van der Waals surface area (Å²) in [5.41, 5.74) is 0.454. The Morgan fingerprint density at radius 3 is 2.44 bits per heavy atom. The summed E-state index contributed by atoms with van der Waals surface area (Å²) in [5.74, 6) is -0.951. The first kappa shape index (κ1) is 14.6. The van der Waals surface area contributed by atoms with Crippen LogP contribution in [0.4, 0.5) is 4.39 Å². The Bertz CT molecular complexity index is 327.